The molecular weight excluding hydrogens is 267 g/mol. The van der Waals surface area contributed by atoms with E-state index in [2.05, 4.69) is 24.1 Å². The van der Waals surface area contributed by atoms with Crippen molar-refractivity contribution in [3.05, 3.63) is 53.7 Å². The Morgan fingerprint density at radius 3 is 2.81 bits per heavy atom. The molecule has 0 spiro atoms. The van der Waals surface area contributed by atoms with Gasteiger partial charge in [0.2, 0.25) is 0 Å². The van der Waals surface area contributed by atoms with Crippen molar-refractivity contribution in [3.8, 4) is 0 Å². The van der Waals surface area contributed by atoms with Crippen LogP contribution in [0.3, 0.4) is 0 Å². The third kappa shape index (κ3) is 4.33. The summed E-state index contributed by atoms with van der Waals surface area (Å²) in [4.78, 5) is 2.10. The lowest BCUT2D eigenvalue weighted by molar-refractivity contribution is 0.495. The zero-order chi connectivity index (χ0) is 15.1. The van der Waals surface area contributed by atoms with Crippen LogP contribution < -0.4 is 10.2 Å². The van der Waals surface area contributed by atoms with Gasteiger partial charge in [-0.1, -0.05) is 13.0 Å². The van der Waals surface area contributed by atoms with Crippen molar-refractivity contribution in [2.75, 3.05) is 18.0 Å². The van der Waals surface area contributed by atoms with Gasteiger partial charge in [-0.05, 0) is 44.2 Å². The molecule has 0 saturated carbocycles. The Labute approximate surface area is 125 Å². The van der Waals surface area contributed by atoms with Crippen molar-refractivity contribution in [2.45, 2.75) is 33.4 Å². The van der Waals surface area contributed by atoms with Crippen LogP contribution in [0.1, 0.15) is 31.6 Å². The minimum Gasteiger partial charge on any atom is -0.467 e. The van der Waals surface area contributed by atoms with Crippen molar-refractivity contribution in [2.24, 2.45) is 0 Å². The van der Waals surface area contributed by atoms with E-state index in [1.807, 2.05) is 12.1 Å². The highest BCUT2D eigenvalue weighted by Crippen LogP contribution is 2.20. The highest BCUT2D eigenvalue weighted by Gasteiger charge is 2.12. The lowest BCUT2D eigenvalue weighted by Gasteiger charge is -2.22. The van der Waals surface area contributed by atoms with E-state index in [9.17, 15) is 4.39 Å². The molecule has 0 atom stereocenters. The van der Waals surface area contributed by atoms with Gasteiger partial charge in [-0.3, -0.25) is 0 Å². The molecule has 2 rings (SSSR count). The van der Waals surface area contributed by atoms with Gasteiger partial charge in [0, 0.05) is 24.3 Å². The largest absolute Gasteiger partial charge is 0.467 e. The average molecular weight is 290 g/mol. The van der Waals surface area contributed by atoms with Gasteiger partial charge in [-0.2, -0.15) is 0 Å². The fourth-order valence-electron chi connectivity index (χ4n) is 2.29. The normalized spacial score (nSPS) is 10.8. The molecule has 0 fully saturated rings. The third-order valence-electron chi connectivity index (χ3n) is 3.47. The fourth-order valence-corrected chi connectivity index (χ4v) is 2.29. The van der Waals surface area contributed by atoms with Crippen molar-refractivity contribution in [1.29, 1.82) is 0 Å². The molecular formula is C17H23FN2O. The first-order chi connectivity index (χ1) is 10.2. The van der Waals surface area contributed by atoms with Gasteiger partial charge in [0.25, 0.3) is 0 Å². The van der Waals surface area contributed by atoms with Crippen LogP contribution in [-0.2, 0) is 13.1 Å². The Hall–Kier alpha value is -1.81. The lowest BCUT2D eigenvalue weighted by atomic mass is 10.2. The molecule has 1 aromatic heterocycles. The highest BCUT2D eigenvalue weighted by atomic mass is 19.1. The molecule has 114 valence electrons. The summed E-state index contributed by atoms with van der Waals surface area (Å²) in [5, 5.41) is 3.38. The molecule has 0 saturated heterocycles. The molecule has 0 radical (unpaired) electrons. The van der Waals surface area contributed by atoms with E-state index >= 15 is 0 Å². The summed E-state index contributed by atoms with van der Waals surface area (Å²) in [6.07, 6.45) is 2.83. The predicted molar refractivity (Wildman–Crippen MR) is 83.8 cm³/mol. The van der Waals surface area contributed by atoms with E-state index in [1.165, 1.54) is 11.6 Å². The van der Waals surface area contributed by atoms with Crippen molar-refractivity contribution in [3.63, 3.8) is 0 Å². The molecule has 1 heterocycles. The number of nitrogens with one attached hydrogen (secondary N) is 1. The summed E-state index contributed by atoms with van der Waals surface area (Å²) in [5.74, 6) is 0.722. The molecule has 2 aromatic rings. The summed E-state index contributed by atoms with van der Waals surface area (Å²) in [7, 11) is 0. The first kappa shape index (κ1) is 15.6. The zero-order valence-corrected chi connectivity index (χ0v) is 12.7. The lowest BCUT2D eigenvalue weighted by Crippen LogP contribution is -2.23. The van der Waals surface area contributed by atoms with E-state index in [4.69, 9.17) is 4.42 Å². The molecule has 0 bridgehead atoms. The number of rotatable bonds is 8. The maximum atomic E-state index is 13.4. The van der Waals surface area contributed by atoms with E-state index in [0.717, 1.165) is 37.5 Å². The summed E-state index contributed by atoms with van der Waals surface area (Å²) in [6, 6.07) is 8.67. The number of furan rings is 1. The molecule has 0 aliphatic carbocycles. The first-order valence-electron chi connectivity index (χ1n) is 7.51. The van der Waals surface area contributed by atoms with Crippen LogP contribution in [0, 0.1) is 5.82 Å². The molecule has 4 heteroatoms. The maximum absolute atomic E-state index is 13.4. The minimum absolute atomic E-state index is 0.213. The smallest absolute Gasteiger partial charge is 0.127 e. The van der Waals surface area contributed by atoms with E-state index in [-0.39, 0.29) is 5.82 Å². The van der Waals surface area contributed by atoms with Gasteiger partial charge in [-0.15, -0.1) is 0 Å². The Kier molecular flexibility index (Phi) is 5.81. The number of anilines is 1. The van der Waals surface area contributed by atoms with Crippen LogP contribution in [-0.4, -0.2) is 13.1 Å². The van der Waals surface area contributed by atoms with Gasteiger partial charge < -0.3 is 14.6 Å². The second-order valence-corrected chi connectivity index (χ2v) is 5.04. The van der Waals surface area contributed by atoms with Crippen molar-refractivity contribution in [1.82, 2.24) is 5.32 Å². The van der Waals surface area contributed by atoms with Gasteiger partial charge in [0.05, 0.1) is 12.8 Å². The number of halogens is 1. The molecule has 3 nitrogen and oxygen atoms in total. The summed E-state index contributed by atoms with van der Waals surface area (Å²) in [6.45, 7) is 7.45. The van der Waals surface area contributed by atoms with Gasteiger partial charge in [0.15, 0.2) is 0 Å². The number of hydrogen-bond acceptors (Lipinski definition) is 3. The van der Waals surface area contributed by atoms with E-state index in [0.29, 0.717) is 6.54 Å². The summed E-state index contributed by atoms with van der Waals surface area (Å²) in [5.41, 5.74) is 2.04. The average Bonchev–Trinajstić information content (AvgIpc) is 2.92. The number of benzene rings is 1. The maximum Gasteiger partial charge on any atom is 0.127 e. The highest BCUT2D eigenvalue weighted by molar-refractivity contribution is 5.46. The second kappa shape index (κ2) is 7.84. The topological polar surface area (TPSA) is 28.4 Å². The molecule has 0 aliphatic rings. The second-order valence-electron chi connectivity index (χ2n) is 5.04. The Balaban J connectivity index is 2.07. The number of hydrogen-bond donors (Lipinski definition) is 1. The monoisotopic (exact) mass is 290 g/mol. The summed E-state index contributed by atoms with van der Waals surface area (Å²) >= 11 is 0. The first-order valence-corrected chi connectivity index (χ1v) is 7.51. The quantitative estimate of drug-likeness (QED) is 0.746. The fraction of sp³-hybridized carbons (Fsp3) is 0.412. The van der Waals surface area contributed by atoms with Crippen LogP contribution in [0.2, 0.25) is 0 Å². The van der Waals surface area contributed by atoms with Crippen LogP contribution >= 0.6 is 0 Å². The van der Waals surface area contributed by atoms with E-state index in [1.54, 1.807) is 18.4 Å². The van der Waals surface area contributed by atoms with Crippen LogP contribution in [0.4, 0.5) is 10.1 Å². The standard InChI is InChI=1S/C17H23FN2O/c1-3-9-19-12-14-8-10-21-17(14)13-20(4-2)16-7-5-6-15(18)11-16/h5-8,10-11,19H,3-4,9,12-13H2,1-2H3. The van der Waals surface area contributed by atoms with Crippen LogP contribution in [0.25, 0.3) is 0 Å². The zero-order valence-electron chi connectivity index (χ0n) is 12.7. The Bertz CT molecular complexity index is 553. The molecule has 0 aliphatic heterocycles. The molecule has 21 heavy (non-hydrogen) atoms. The predicted octanol–water partition coefficient (Wildman–Crippen LogP) is 3.94. The van der Waals surface area contributed by atoms with Crippen LogP contribution in [0.5, 0.6) is 0 Å². The third-order valence-corrected chi connectivity index (χ3v) is 3.47. The summed E-state index contributed by atoms with van der Waals surface area (Å²) < 4.78 is 19.0. The van der Waals surface area contributed by atoms with E-state index < -0.39 is 0 Å². The Morgan fingerprint density at radius 2 is 2.10 bits per heavy atom. The molecule has 1 N–H and O–H groups in total. The SMILES string of the molecule is CCCNCc1ccoc1CN(CC)c1cccc(F)c1. The van der Waals surface area contributed by atoms with Gasteiger partial charge in [-0.25, -0.2) is 4.39 Å². The van der Waals surface area contributed by atoms with Crippen LogP contribution in [0.15, 0.2) is 41.0 Å². The molecule has 0 unspecified atom stereocenters. The minimum atomic E-state index is -0.213. The Morgan fingerprint density at radius 1 is 1.24 bits per heavy atom. The molecule has 1 aromatic carbocycles. The van der Waals surface area contributed by atoms with Gasteiger partial charge >= 0.3 is 0 Å². The van der Waals surface area contributed by atoms with Crippen molar-refractivity contribution < 1.29 is 8.81 Å². The number of nitrogens with zero attached hydrogens (tertiary/aromatic N) is 1. The van der Waals surface area contributed by atoms with Gasteiger partial charge in [0.1, 0.15) is 11.6 Å². The van der Waals surface area contributed by atoms with Crippen molar-refractivity contribution >= 4 is 5.69 Å². The molecule has 0 amide bonds.